The average Bonchev–Trinajstić information content (AvgIpc) is 3.01. The second kappa shape index (κ2) is 10.7. The quantitative estimate of drug-likeness (QED) is 0.469. The lowest BCUT2D eigenvalue weighted by Crippen LogP contribution is -2.44. The molecule has 1 aliphatic rings. The van der Waals surface area contributed by atoms with Crippen LogP contribution in [0.3, 0.4) is 0 Å². The summed E-state index contributed by atoms with van der Waals surface area (Å²) in [5.41, 5.74) is 3.88. The van der Waals surface area contributed by atoms with E-state index in [-0.39, 0.29) is 23.7 Å². The van der Waals surface area contributed by atoms with Crippen LogP contribution in [0, 0.1) is 0 Å². The molecule has 1 aliphatic heterocycles. The van der Waals surface area contributed by atoms with Crippen LogP contribution in [0.5, 0.6) is 0 Å². The summed E-state index contributed by atoms with van der Waals surface area (Å²) in [5.74, 6) is 0.0361. The van der Waals surface area contributed by atoms with Gasteiger partial charge in [-0.25, -0.2) is 0 Å². The number of amides is 2. The van der Waals surface area contributed by atoms with Crippen molar-refractivity contribution in [1.29, 1.82) is 0 Å². The lowest BCUT2D eigenvalue weighted by molar-refractivity contribution is -0.125. The van der Waals surface area contributed by atoms with Crippen molar-refractivity contribution >= 4 is 40.2 Å². The molecule has 0 aliphatic carbocycles. The molecule has 2 aromatic carbocycles. The SMILES string of the molecule is CCc1ccc(N2C(=O)CSc3c(c4ccccc4n3C)C2C(=O)NCCCOC(C)C)cc1. The van der Waals surface area contributed by atoms with Gasteiger partial charge < -0.3 is 14.6 Å². The molecule has 0 saturated heterocycles. The topological polar surface area (TPSA) is 63.6 Å². The highest BCUT2D eigenvalue weighted by atomic mass is 32.2. The number of anilines is 1. The molecule has 1 atom stereocenters. The summed E-state index contributed by atoms with van der Waals surface area (Å²) in [7, 11) is 2.00. The van der Waals surface area contributed by atoms with Gasteiger partial charge in [0.15, 0.2) is 0 Å². The molecule has 1 aromatic heterocycles. The van der Waals surface area contributed by atoms with Gasteiger partial charge in [0.1, 0.15) is 6.04 Å². The summed E-state index contributed by atoms with van der Waals surface area (Å²) in [6.45, 7) is 7.17. The van der Waals surface area contributed by atoms with Crippen LogP contribution < -0.4 is 10.2 Å². The maximum atomic E-state index is 13.8. The van der Waals surface area contributed by atoms with E-state index >= 15 is 0 Å². The smallest absolute Gasteiger partial charge is 0.247 e. The summed E-state index contributed by atoms with van der Waals surface area (Å²) in [4.78, 5) is 28.9. The minimum atomic E-state index is -0.748. The highest BCUT2D eigenvalue weighted by Crippen LogP contribution is 2.43. The predicted octanol–water partition coefficient (Wildman–Crippen LogP) is 4.85. The molecule has 2 heterocycles. The van der Waals surface area contributed by atoms with Crippen molar-refractivity contribution in [3.05, 3.63) is 59.7 Å². The largest absolute Gasteiger partial charge is 0.379 e. The fourth-order valence-corrected chi connectivity index (χ4v) is 5.51. The Kier molecular flexibility index (Phi) is 7.63. The van der Waals surface area contributed by atoms with Gasteiger partial charge in [-0.05, 0) is 50.5 Å². The van der Waals surface area contributed by atoms with E-state index in [1.165, 1.54) is 17.3 Å². The van der Waals surface area contributed by atoms with E-state index in [4.69, 9.17) is 4.74 Å². The fourth-order valence-electron chi connectivity index (χ4n) is 4.44. The molecule has 4 rings (SSSR count). The van der Waals surface area contributed by atoms with Crippen molar-refractivity contribution in [3.63, 3.8) is 0 Å². The number of aromatic nitrogens is 1. The van der Waals surface area contributed by atoms with Crippen molar-refractivity contribution < 1.29 is 14.3 Å². The highest BCUT2D eigenvalue weighted by molar-refractivity contribution is 8.00. The van der Waals surface area contributed by atoms with Crippen LogP contribution in [0.4, 0.5) is 5.69 Å². The van der Waals surface area contributed by atoms with Crippen molar-refractivity contribution in [2.75, 3.05) is 23.8 Å². The summed E-state index contributed by atoms with van der Waals surface area (Å²) >= 11 is 1.50. The Balaban J connectivity index is 1.76. The Hall–Kier alpha value is -2.77. The summed E-state index contributed by atoms with van der Waals surface area (Å²) in [6, 6.07) is 15.3. The van der Waals surface area contributed by atoms with Gasteiger partial charge in [-0.2, -0.15) is 0 Å². The van der Waals surface area contributed by atoms with Crippen LogP contribution in [-0.4, -0.2) is 41.4 Å². The average molecular weight is 480 g/mol. The molecule has 1 unspecified atom stereocenters. The van der Waals surface area contributed by atoms with Gasteiger partial charge in [-0.3, -0.25) is 14.5 Å². The van der Waals surface area contributed by atoms with Crippen LogP contribution in [0.15, 0.2) is 53.6 Å². The molecule has 0 spiro atoms. The number of carbonyl (C=O) groups excluding carboxylic acids is 2. The zero-order valence-electron chi connectivity index (χ0n) is 20.3. The van der Waals surface area contributed by atoms with E-state index in [0.29, 0.717) is 19.6 Å². The normalized spacial score (nSPS) is 16.1. The number of hydrogen-bond donors (Lipinski definition) is 1. The van der Waals surface area contributed by atoms with Crippen LogP contribution >= 0.6 is 11.8 Å². The third-order valence-electron chi connectivity index (χ3n) is 6.17. The predicted molar refractivity (Wildman–Crippen MR) is 138 cm³/mol. The minimum absolute atomic E-state index is 0.0715. The van der Waals surface area contributed by atoms with Gasteiger partial charge >= 0.3 is 0 Å². The first-order chi connectivity index (χ1) is 16.4. The number of fused-ring (bicyclic) bond motifs is 3. The van der Waals surface area contributed by atoms with E-state index in [9.17, 15) is 9.59 Å². The van der Waals surface area contributed by atoms with Crippen LogP contribution in [-0.2, 0) is 27.8 Å². The molecule has 6 nitrogen and oxygen atoms in total. The third-order valence-corrected chi connectivity index (χ3v) is 7.32. The molecule has 0 fully saturated rings. The second-order valence-corrected chi connectivity index (χ2v) is 9.80. The first-order valence-corrected chi connectivity index (χ1v) is 12.9. The van der Waals surface area contributed by atoms with Crippen LogP contribution in [0.25, 0.3) is 10.9 Å². The molecule has 180 valence electrons. The van der Waals surface area contributed by atoms with E-state index in [1.807, 2.05) is 63.4 Å². The highest BCUT2D eigenvalue weighted by Gasteiger charge is 2.39. The Labute approximate surface area is 205 Å². The van der Waals surface area contributed by atoms with Gasteiger partial charge in [0.2, 0.25) is 11.8 Å². The zero-order chi connectivity index (χ0) is 24.2. The van der Waals surface area contributed by atoms with Crippen molar-refractivity contribution in [2.24, 2.45) is 7.05 Å². The van der Waals surface area contributed by atoms with E-state index in [0.717, 1.165) is 33.6 Å². The van der Waals surface area contributed by atoms with Gasteiger partial charge in [0, 0.05) is 42.4 Å². The van der Waals surface area contributed by atoms with Crippen LogP contribution in [0.1, 0.15) is 44.4 Å². The number of carbonyl (C=O) groups is 2. The van der Waals surface area contributed by atoms with Gasteiger partial charge in [0.25, 0.3) is 0 Å². The van der Waals surface area contributed by atoms with Gasteiger partial charge in [-0.15, -0.1) is 0 Å². The van der Waals surface area contributed by atoms with Gasteiger partial charge in [-0.1, -0.05) is 49.0 Å². The molecule has 0 saturated carbocycles. The van der Waals surface area contributed by atoms with E-state index in [2.05, 4.69) is 22.9 Å². The molecule has 0 bridgehead atoms. The van der Waals surface area contributed by atoms with Crippen molar-refractivity contribution in [1.82, 2.24) is 9.88 Å². The van der Waals surface area contributed by atoms with E-state index in [1.54, 1.807) is 4.90 Å². The fraction of sp³-hybridized carbons (Fsp3) is 0.407. The van der Waals surface area contributed by atoms with Crippen molar-refractivity contribution in [2.45, 2.75) is 50.8 Å². The monoisotopic (exact) mass is 479 g/mol. The Bertz CT molecular complexity index is 1170. The second-order valence-electron chi connectivity index (χ2n) is 8.83. The summed E-state index contributed by atoms with van der Waals surface area (Å²) in [5, 5.41) is 5.04. The molecule has 0 radical (unpaired) electrons. The third kappa shape index (κ3) is 4.86. The molecule has 1 N–H and O–H groups in total. The number of thioether (sulfide) groups is 1. The molecular weight excluding hydrogens is 446 g/mol. The Morgan fingerprint density at radius 3 is 2.62 bits per heavy atom. The number of benzene rings is 2. The first-order valence-electron chi connectivity index (χ1n) is 11.9. The maximum Gasteiger partial charge on any atom is 0.247 e. The lowest BCUT2D eigenvalue weighted by Gasteiger charge is -2.30. The molecule has 3 aromatic rings. The maximum absolute atomic E-state index is 13.8. The standard InChI is InChI=1S/C27H33N3O3S/c1-5-19-11-13-20(14-12-19)30-23(31)17-34-27-24(21-9-6-7-10-22(21)29(27)4)25(30)26(32)28-15-8-16-33-18(2)3/h6-7,9-14,18,25H,5,8,15-17H2,1-4H3,(H,28,32). The minimum Gasteiger partial charge on any atom is -0.379 e. The molecule has 7 heteroatoms. The number of rotatable bonds is 8. The lowest BCUT2D eigenvalue weighted by atomic mass is 10.0. The zero-order valence-corrected chi connectivity index (χ0v) is 21.2. The number of para-hydroxylation sites is 1. The summed E-state index contributed by atoms with van der Waals surface area (Å²) in [6.07, 6.45) is 1.79. The number of nitrogens with one attached hydrogen (secondary N) is 1. The molecular formula is C27H33N3O3S. The van der Waals surface area contributed by atoms with Crippen molar-refractivity contribution in [3.8, 4) is 0 Å². The van der Waals surface area contributed by atoms with Gasteiger partial charge in [0.05, 0.1) is 16.9 Å². The van der Waals surface area contributed by atoms with E-state index < -0.39 is 6.04 Å². The molecule has 34 heavy (non-hydrogen) atoms. The Morgan fingerprint density at radius 1 is 1.18 bits per heavy atom. The first kappa shape index (κ1) is 24.4. The number of ether oxygens (including phenoxy) is 1. The summed E-state index contributed by atoms with van der Waals surface area (Å²) < 4.78 is 7.71. The van der Waals surface area contributed by atoms with Crippen LogP contribution in [0.2, 0.25) is 0 Å². The number of aryl methyl sites for hydroxylation is 2. The number of nitrogens with zero attached hydrogens (tertiary/aromatic N) is 2. The molecule has 2 amide bonds. The number of hydrogen-bond acceptors (Lipinski definition) is 4. The Morgan fingerprint density at radius 2 is 1.91 bits per heavy atom.